The molecule has 3 amide bonds. The summed E-state index contributed by atoms with van der Waals surface area (Å²) in [5.41, 5.74) is 19.7. The lowest BCUT2D eigenvalue weighted by Gasteiger charge is -2.26. The number of benzene rings is 2. The molecule has 3 rings (SSSR count). The minimum absolute atomic E-state index is 0.0156. The summed E-state index contributed by atoms with van der Waals surface area (Å²) in [5.74, 6) is -1.79. The van der Waals surface area contributed by atoms with E-state index in [1.807, 2.05) is 0 Å². The molecular formula is C29H42N6O6. The van der Waals surface area contributed by atoms with Crippen molar-refractivity contribution < 1.29 is 29.7 Å². The van der Waals surface area contributed by atoms with Crippen LogP contribution in [-0.2, 0) is 27.2 Å². The van der Waals surface area contributed by atoms with E-state index in [0.29, 0.717) is 54.5 Å². The van der Waals surface area contributed by atoms with Crippen molar-refractivity contribution in [3.8, 4) is 22.6 Å². The summed E-state index contributed by atoms with van der Waals surface area (Å²) < 4.78 is 0. The highest BCUT2D eigenvalue weighted by molar-refractivity contribution is 5.93. The highest BCUT2D eigenvalue weighted by Gasteiger charge is 2.30. The Hall–Kier alpha value is -3.71. The Morgan fingerprint density at radius 1 is 0.902 bits per heavy atom. The maximum Gasteiger partial charge on any atom is 0.243 e. The number of nitrogens with two attached hydrogens (primary N) is 3. The van der Waals surface area contributed by atoms with Gasteiger partial charge in [-0.1, -0.05) is 12.1 Å². The zero-order chi connectivity index (χ0) is 29.9. The summed E-state index contributed by atoms with van der Waals surface area (Å²) in [4.78, 5) is 40.0. The fourth-order valence-corrected chi connectivity index (χ4v) is 4.87. The van der Waals surface area contributed by atoms with Gasteiger partial charge in [0.05, 0.1) is 6.04 Å². The number of aliphatic hydroxyl groups is 1. The number of rotatable bonds is 10. The molecule has 1 heterocycles. The molecule has 0 saturated carbocycles. The van der Waals surface area contributed by atoms with Crippen LogP contribution < -0.4 is 33.2 Å². The Kier molecular flexibility index (Phi) is 11.9. The van der Waals surface area contributed by atoms with E-state index in [9.17, 15) is 29.7 Å². The lowest BCUT2D eigenvalue weighted by molar-refractivity contribution is -0.132. The number of phenolic OH excluding ortho intramolecular Hbond substituents is 2. The van der Waals surface area contributed by atoms with E-state index in [1.165, 1.54) is 12.1 Å². The van der Waals surface area contributed by atoms with Crippen LogP contribution in [0.3, 0.4) is 0 Å². The molecular weight excluding hydrogens is 528 g/mol. The van der Waals surface area contributed by atoms with Gasteiger partial charge in [-0.05, 0) is 91.7 Å². The molecule has 12 nitrogen and oxygen atoms in total. The fraction of sp³-hybridized carbons (Fsp3) is 0.483. The van der Waals surface area contributed by atoms with Crippen molar-refractivity contribution in [2.24, 2.45) is 17.2 Å². The number of hydrogen-bond donors (Lipinski definition) is 9. The van der Waals surface area contributed by atoms with E-state index in [2.05, 4.69) is 16.0 Å². The Bertz CT molecular complexity index is 1210. The van der Waals surface area contributed by atoms with Crippen molar-refractivity contribution in [2.45, 2.75) is 69.1 Å². The molecule has 12 heteroatoms. The summed E-state index contributed by atoms with van der Waals surface area (Å²) in [6.07, 6.45) is 2.08. The Labute approximate surface area is 239 Å². The van der Waals surface area contributed by atoms with E-state index < -0.39 is 35.8 Å². The quantitative estimate of drug-likeness (QED) is 0.179. The largest absolute Gasteiger partial charge is 0.508 e. The van der Waals surface area contributed by atoms with Crippen molar-refractivity contribution >= 4 is 17.7 Å². The monoisotopic (exact) mass is 570 g/mol. The highest BCUT2D eigenvalue weighted by Crippen LogP contribution is 2.31. The van der Waals surface area contributed by atoms with Crippen LogP contribution in [-0.4, -0.2) is 76.9 Å². The predicted octanol–water partition coefficient (Wildman–Crippen LogP) is -0.495. The van der Waals surface area contributed by atoms with Crippen molar-refractivity contribution in [1.82, 2.24) is 16.0 Å². The van der Waals surface area contributed by atoms with Gasteiger partial charge in [0.15, 0.2) is 0 Å². The average molecular weight is 571 g/mol. The third kappa shape index (κ3) is 8.89. The third-order valence-corrected chi connectivity index (χ3v) is 7.24. The van der Waals surface area contributed by atoms with Crippen LogP contribution in [0, 0.1) is 0 Å². The van der Waals surface area contributed by atoms with Gasteiger partial charge >= 0.3 is 0 Å². The predicted molar refractivity (Wildman–Crippen MR) is 155 cm³/mol. The molecule has 4 bridgehead atoms. The number of fused-ring (bicyclic) bond motifs is 5. The van der Waals surface area contributed by atoms with E-state index in [0.717, 1.165) is 0 Å². The number of hydrogen-bond acceptors (Lipinski definition) is 9. The smallest absolute Gasteiger partial charge is 0.243 e. The van der Waals surface area contributed by atoms with E-state index in [4.69, 9.17) is 17.2 Å². The van der Waals surface area contributed by atoms with Gasteiger partial charge in [-0.2, -0.15) is 0 Å². The normalized spacial score (nSPS) is 20.2. The molecule has 41 heavy (non-hydrogen) atoms. The number of carbonyl (C=O) groups is 3. The molecule has 224 valence electrons. The lowest BCUT2D eigenvalue weighted by atomic mass is 9.95. The molecule has 1 unspecified atom stereocenters. The summed E-state index contributed by atoms with van der Waals surface area (Å²) in [7, 11) is 0. The second-order valence-electron chi connectivity index (χ2n) is 10.4. The first-order valence-electron chi connectivity index (χ1n) is 14.0. The third-order valence-electron chi connectivity index (χ3n) is 7.24. The Balaban J connectivity index is 2.05. The number of amides is 3. The van der Waals surface area contributed by atoms with Crippen LogP contribution in [0.5, 0.6) is 11.5 Å². The molecule has 2 aromatic carbocycles. The second kappa shape index (κ2) is 15.3. The van der Waals surface area contributed by atoms with Crippen molar-refractivity contribution in [2.75, 3.05) is 19.7 Å². The minimum Gasteiger partial charge on any atom is -0.508 e. The van der Waals surface area contributed by atoms with Gasteiger partial charge in [0, 0.05) is 25.5 Å². The van der Waals surface area contributed by atoms with E-state index >= 15 is 0 Å². The molecule has 12 N–H and O–H groups in total. The van der Waals surface area contributed by atoms with Crippen LogP contribution in [0.15, 0.2) is 36.4 Å². The maximum atomic E-state index is 13.5. The zero-order valence-corrected chi connectivity index (χ0v) is 23.1. The van der Waals surface area contributed by atoms with Crippen molar-refractivity contribution in [3.63, 3.8) is 0 Å². The van der Waals surface area contributed by atoms with Crippen LogP contribution in [0.25, 0.3) is 11.1 Å². The van der Waals surface area contributed by atoms with Crippen LogP contribution in [0.4, 0.5) is 0 Å². The van der Waals surface area contributed by atoms with Gasteiger partial charge < -0.3 is 48.5 Å². The summed E-state index contributed by atoms with van der Waals surface area (Å²) in [5, 5.41) is 39.0. The first-order chi connectivity index (χ1) is 19.7. The van der Waals surface area contributed by atoms with Gasteiger partial charge in [0.2, 0.25) is 17.7 Å². The van der Waals surface area contributed by atoms with Crippen LogP contribution >= 0.6 is 0 Å². The van der Waals surface area contributed by atoms with Crippen molar-refractivity contribution in [3.05, 3.63) is 47.5 Å². The van der Waals surface area contributed by atoms with E-state index in [1.54, 1.807) is 24.3 Å². The molecule has 0 aromatic heterocycles. The number of aromatic hydroxyl groups is 2. The average Bonchev–Trinajstić information content (AvgIpc) is 2.95. The fourth-order valence-electron chi connectivity index (χ4n) is 4.87. The number of phenols is 2. The van der Waals surface area contributed by atoms with Gasteiger partial charge in [-0.3, -0.25) is 14.4 Å². The van der Waals surface area contributed by atoms with Crippen molar-refractivity contribution in [1.29, 1.82) is 0 Å². The molecule has 2 aromatic rings. The summed E-state index contributed by atoms with van der Waals surface area (Å²) in [6.45, 7) is 0.556. The molecule has 4 atom stereocenters. The second-order valence-corrected chi connectivity index (χ2v) is 10.4. The molecule has 1 aliphatic heterocycles. The highest BCUT2D eigenvalue weighted by atomic mass is 16.3. The number of aliphatic hydroxyl groups excluding tert-OH is 1. The Morgan fingerprint density at radius 2 is 1.51 bits per heavy atom. The summed E-state index contributed by atoms with van der Waals surface area (Å²) in [6, 6.07) is 6.26. The molecule has 0 aliphatic carbocycles. The first kappa shape index (κ1) is 31.8. The number of carbonyl (C=O) groups excluding carboxylic acids is 3. The Morgan fingerprint density at radius 3 is 2.10 bits per heavy atom. The van der Waals surface area contributed by atoms with E-state index in [-0.39, 0.29) is 50.0 Å². The maximum absolute atomic E-state index is 13.5. The van der Waals surface area contributed by atoms with Gasteiger partial charge in [-0.25, -0.2) is 0 Å². The first-order valence-corrected chi connectivity index (χ1v) is 14.0. The number of nitrogens with one attached hydrogen (secondary N) is 3. The summed E-state index contributed by atoms with van der Waals surface area (Å²) >= 11 is 0. The minimum atomic E-state index is -1.12. The molecule has 1 aliphatic rings. The van der Waals surface area contributed by atoms with Crippen LogP contribution in [0.1, 0.15) is 43.2 Å². The van der Waals surface area contributed by atoms with Gasteiger partial charge in [0.25, 0.3) is 0 Å². The molecule has 0 saturated heterocycles. The molecule has 0 radical (unpaired) electrons. The zero-order valence-electron chi connectivity index (χ0n) is 23.1. The van der Waals surface area contributed by atoms with Gasteiger partial charge in [-0.15, -0.1) is 0 Å². The lowest BCUT2D eigenvalue weighted by Crippen LogP contribution is -2.57. The van der Waals surface area contributed by atoms with Gasteiger partial charge in [0.1, 0.15) is 23.6 Å². The molecule has 0 fully saturated rings. The SMILES string of the molecule is NCCCC(CCO)NC(=O)[C@@H]1Cc2cc(ccc2O)-c2ccc(O)c(c2)C[C@@H](N)C(=O)N[C@@H](CCCN)C(=O)N1. The van der Waals surface area contributed by atoms with Crippen LogP contribution in [0.2, 0.25) is 0 Å². The topological polar surface area (TPSA) is 226 Å². The molecule has 0 spiro atoms. The standard InChI is InChI=1S/C29H42N6O6/c30-10-1-3-21(9-12-36)33-29(41)24-16-20-14-18(6-8-26(20)38)17-5-7-25(37)19(13-17)15-22(32)27(39)34-23(4-2-11-31)28(40)35-24/h5-8,13-14,21-24,36-38H,1-4,9-12,15-16,30-32H2,(H,33,41)(H,34,39)(H,35,40)/t21?,22-,23+,24+/m1/s1.